The van der Waals surface area contributed by atoms with Crippen molar-refractivity contribution in [3.05, 3.63) is 30.1 Å². The topological polar surface area (TPSA) is 138 Å². The monoisotopic (exact) mass is 354 g/mol. The van der Waals surface area contributed by atoms with Crippen molar-refractivity contribution in [3.63, 3.8) is 0 Å². The quantitative estimate of drug-likeness (QED) is 0.475. The van der Waals surface area contributed by atoms with Gasteiger partial charge in [-0.3, -0.25) is 9.78 Å². The highest BCUT2D eigenvalue weighted by Gasteiger charge is 2.44. The molecule has 0 aliphatic carbocycles. The number of carbonyl (C=O) groups is 2. The molecule has 1 amide bonds. The number of amides is 1. The Labute approximate surface area is 144 Å². The van der Waals surface area contributed by atoms with Crippen LogP contribution >= 0.6 is 0 Å². The number of rotatable bonds is 6. The van der Waals surface area contributed by atoms with E-state index in [-0.39, 0.29) is 24.5 Å². The Balaban J connectivity index is 1.91. The molecule has 138 valence electrons. The van der Waals surface area contributed by atoms with E-state index in [2.05, 4.69) is 10.3 Å². The van der Waals surface area contributed by atoms with E-state index in [4.69, 9.17) is 9.47 Å². The van der Waals surface area contributed by atoms with Crippen LogP contribution in [0.5, 0.6) is 0 Å². The first-order chi connectivity index (χ1) is 11.9. The summed E-state index contributed by atoms with van der Waals surface area (Å²) in [6.45, 7) is 1.43. The van der Waals surface area contributed by atoms with E-state index in [9.17, 15) is 24.9 Å². The third kappa shape index (κ3) is 4.95. The van der Waals surface area contributed by atoms with Crippen LogP contribution in [0.25, 0.3) is 0 Å². The predicted molar refractivity (Wildman–Crippen MR) is 84.3 cm³/mol. The molecule has 1 aromatic rings. The zero-order valence-corrected chi connectivity index (χ0v) is 13.7. The summed E-state index contributed by atoms with van der Waals surface area (Å²) >= 11 is 0. The number of hydrogen-bond acceptors (Lipinski definition) is 8. The van der Waals surface area contributed by atoms with E-state index in [1.54, 1.807) is 6.07 Å². The molecule has 2 rings (SSSR count). The molecule has 1 aliphatic heterocycles. The molecule has 0 aromatic carbocycles. The fraction of sp³-hybridized carbons (Fsp3) is 0.562. The number of ether oxygens (including phenoxy) is 2. The summed E-state index contributed by atoms with van der Waals surface area (Å²) in [5, 5.41) is 32.6. The molecule has 0 spiro atoms. The molecule has 0 bridgehead atoms. The molecule has 0 saturated carbocycles. The predicted octanol–water partition coefficient (Wildman–Crippen LogP) is -1.04. The molecule has 25 heavy (non-hydrogen) atoms. The second-order valence-electron chi connectivity index (χ2n) is 5.73. The first-order valence-electron chi connectivity index (χ1n) is 8.00. The van der Waals surface area contributed by atoms with Crippen molar-refractivity contribution in [2.24, 2.45) is 0 Å². The van der Waals surface area contributed by atoms with Gasteiger partial charge < -0.3 is 30.1 Å². The maximum atomic E-state index is 11.9. The van der Waals surface area contributed by atoms with E-state index in [1.165, 1.54) is 18.5 Å². The highest BCUT2D eigenvalue weighted by molar-refractivity contribution is 5.88. The maximum Gasteiger partial charge on any atom is 0.339 e. The molecular formula is C16H22N2O7. The van der Waals surface area contributed by atoms with E-state index in [0.29, 0.717) is 6.42 Å². The van der Waals surface area contributed by atoms with Gasteiger partial charge in [-0.1, -0.05) is 6.92 Å². The number of aromatic nitrogens is 1. The molecule has 9 nitrogen and oxygen atoms in total. The lowest BCUT2D eigenvalue weighted by Crippen LogP contribution is -2.64. The van der Waals surface area contributed by atoms with Crippen LogP contribution in [-0.4, -0.2) is 69.4 Å². The van der Waals surface area contributed by atoms with Crippen LogP contribution < -0.4 is 5.32 Å². The van der Waals surface area contributed by atoms with Crippen molar-refractivity contribution < 1.29 is 34.4 Å². The highest BCUT2D eigenvalue weighted by atomic mass is 16.6. The van der Waals surface area contributed by atoms with Crippen molar-refractivity contribution in [2.75, 3.05) is 6.61 Å². The average molecular weight is 354 g/mol. The Kier molecular flexibility index (Phi) is 6.82. The standard InChI is InChI=1S/C16H22N2O7/c1-2-4-11(19)18-12-14(21)13(20)10(25-16(12)23)8-24-15(22)9-5-3-6-17-7-9/h3,5-7,10,12-14,16,20-21,23H,2,4,8H2,1H3,(H,18,19)/t10-,12-,13-,14-,16?/m1/s1. The molecule has 1 fully saturated rings. The van der Waals surface area contributed by atoms with Crippen molar-refractivity contribution >= 4 is 11.9 Å². The Morgan fingerprint density at radius 2 is 2.08 bits per heavy atom. The second-order valence-corrected chi connectivity index (χ2v) is 5.73. The summed E-state index contributed by atoms with van der Waals surface area (Å²) in [7, 11) is 0. The van der Waals surface area contributed by atoms with Crippen molar-refractivity contribution in [2.45, 2.75) is 50.4 Å². The number of pyridine rings is 1. The molecule has 9 heteroatoms. The normalized spacial score (nSPS) is 29.0. The lowest BCUT2D eigenvalue weighted by molar-refractivity contribution is -0.253. The fourth-order valence-electron chi connectivity index (χ4n) is 2.45. The number of hydrogen-bond donors (Lipinski definition) is 4. The number of aliphatic hydroxyl groups excluding tert-OH is 3. The minimum absolute atomic E-state index is 0.220. The van der Waals surface area contributed by atoms with Gasteiger partial charge in [0.25, 0.3) is 0 Å². The minimum Gasteiger partial charge on any atom is -0.459 e. The lowest BCUT2D eigenvalue weighted by atomic mass is 9.97. The van der Waals surface area contributed by atoms with Gasteiger partial charge in [0.2, 0.25) is 5.91 Å². The van der Waals surface area contributed by atoms with E-state index in [0.717, 1.165) is 0 Å². The van der Waals surface area contributed by atoms with Gasteiger partial charge in [-0.05, 0) is 18.6 Å². The third-order valence-corrected chi connectivity index (χ3v) is 3.80. The highest BCUT2D eigenvalue weighted by Crippen LogP contribution is 2.21. The Morgan fingerprint density at radius 3 is 2.72 bits per heavy atom. The summed E-state index contributed by atoms with van der Waals surface area (Å²) in [5.41, 5.74) is 0.221. The molecule has 2 heterocycles. The molecule has 1 unspecified atom stereocenters. The number of nitrogens with zero attached hydrogens (tertiary/aromatic N) is 1. The van der Waals surface area contributed by atoms with Crippen molar-refractivity contribution in [1.82, 2.24) is 10.3 Å². The number of carbonyl (C=O) groups excluding carboxylic acids is 2. The van der Waals surface area contributed by atoms with E-state index in [1.807, 2.05) is 6.92 Å². The van der Waals surface area contributed by atoms with Crippen LogP contribution in [0.15, 0.2) is 24.5 Å². The molecule has 0 radical (unpaired) electrons. The van der Waals surface area contributed by atoms with Crippen LogP contribution in [0.1, 0.15) is 30.1 Å². The number of aliphatic hydroxyl groups is 3. The zero-order chi connectivity index (χ0) is 18.4. The van der Waals surface area contributed by atoms with Crippen LogP contribution in [0.3, 0.4) is 0 Å². The average Bonchev–Trinajstić information content (AvgIpc) is 2.61. The first kappa shape index (κ1) is 19.3. The van der Waals surface area contributed by atoms with Gasteiger partial charge in [0, 0.05) is 18.8 Å². The van der Waals surface area contributed by atoms with Crippen molar-refractivity contribution in [3.8, 4) is 0 Å². The second kappa shape index (κ2) is 8.86. The van der Waals surface area contributed by atoms with Crippen LogP contribution in [-0.2, 0) is 14.3 Å². The van der Waals surface area contributed by atoms with Gasteiger partial charge in [-0.2, -0.15) is 0 Å². The minimum atomic E-state index is -1.54. The summed E-state index contributed by atoms with van der Waals surface area (Å²) in [4.78, 5) is 27.3. The zero-order valence-electron chi connectivity index (χ0n) is 13.7. The van der Waals surface area contributed by atoms with E-state index >= 15 is 0 Å². The largest absolute Gasteiger partial charge is 0.459 e. The number of esters is 1. The molecule has 1 saturated heterocycles. The Hall–Kier alpha value is -2.07. The van der Waals surface area contributed by atoms with Gasteiger partial charge in [0.15, 0.2) is 6.29 Å². The van der Waals surface area contributed by atoms with Gasteiger partial charge in [-0.25, -0.2) is 4.79 Å². The van der Waals surface area contributed by atoms with E-state index < -0.39 is 36.6 Å². The van der Waals surface area contributed by atoms with Crippen molar-refractivity contribution in [1.29, 1.82) is 0 Å². The first-order valence-corrected chi connectivity index (χ1v) is 8.00. The SMILES string of the molecule is CCCC(=O)N[C@H]1C(O)O[C@H](COC(=O)c2cccnc2)[C@@H](O)[C@@H]1O. The van der Waals surface area contributed by atoms with Crippen LogP contribution in [0.2, 0.25) is 0 Å². The van der Waals surface area contributed by atoms with Crippen LogP contribution in [0, 0.1) is 0 Å². The van der Waals surface area contributed by atoms with Gasteiger partial charge in [-0.15, -0.1) is 0 Å². The van der Waals surface area contributed by atoms with Gasteiger partial charge in [0.05, 0.1) is 5.56 Å². The number of nitrogens with one attached hydrogen (secondary N) is 1. The molecule has 4 N–H and O–H groups in total. The molecular weight excluding hydrogens is 332 g/mol. The van der Waals surface area contributed by atoms with Crippen LogP contribution in [0.4, 0.5) is 0 Å². The summed E-state index contributed by atoms with van der Waals surface area (Å²) < 4.78 is 10.2. The molecule has 1 aromatic heterocycles. The molecule has 1 aliphatic rings. The summed E-state index contributed by atoms with van der Waals surface area (Å²) in [6.07, 6.45) is -1.94. The Morgan fingerprint density at radius 1 is 1.32 bits per heavy atom. The smallest absolute Gasteiger partial charge is 0.339 e. The third-order valence-electron chi connectivity index (χ3n) is 3.80. The fourth-order valence-corrected chi connectivity index (χ4v) is 2.45. The lowest BCUT2D eigenvalue weighted by Gasteiger charge is -2.40. The molecule has 5 atom stereocenters. The summed E-state index contributed by atoms with van der Waals surface area (Å²) in [6, 6.07) is 1.91. The Bertz CT molecular complexity index is 583. The van der Waals surface area contributed by atoms with Gasteiger partial charge >= 0.3 is 5.97 Å². The van der Waals surface area contributed by atoms with Gasteiger partial charge in [0.1, 0.15) is 31.0 Å². The summed E-state index contributed by atoms with van der Waals surface area (Å²) in [5.74, 6) is -1.05. The maximum absolute atomic E-state index is 11.9.